The molecule has 10 heteroatoms. The molecule has 1 aliphatic heterocycles. The second kappa shape index (κ2) is 9.69. The van der Waals surface area contributed by atoms with Gasteiger partial charge in [-0.05, 0) is 19.1 Å². The van der Waals surface area contributed by atoms with Crippen LogP contribution in [0.5, 0.6) is 0 Å². The first kappa shape index (κ1) is 24.1. The first-order valence-electron chi connectivity index (χ1n) is 11.1. The van der Waals surface area contributed by atoms with E-state index >= 15 is 0 Å². The highest BCUT2D eigenvalue weighted by Crippen LogP contribution is 2.32. The monoisotopic (exact) mass is 489 g/mol. The Labute approximate surface area is 200 Å². The van der Waals surface area contributed by atoms with Crippen LogP contribution in [-0.2, 0) is 17.4 Å². The minimum Gasteiger partial charge on any atom is -0.353 e. The van der Waals surface area contributed by atoms with Gasteiger partial charge >= 0.3 is 6.18 Å². The van der Waals surface area contributed by atoms with Gasteiger partial charge in [-0.15, -0.1) is 11.3 Å². The number of anilines is 1. The molecule has 3 aromatic rings. The van der Waals surface area contributed by atoms with Crippen LogP contribution < -0.4 is 4.90 Å². The highest BCUT2D eigenvalue weighted by molar-refractivity contribution is 7.13. The first-order valence-corrected chi connectivity index (χ1v) is 12.0. The number of hydrogen-bond donors (Lipinski definition) is 0. The summed E-state index contributed by atoms with van der Waals surface area (Å²) < 4.78 is 38.3. The number of aromatic nitrogens is 3. The van der Waals surface area contributed by atoms with Crippen molar-refractivity contribution in [1.29, 1.82) is 0 Å². The molecule has 0 bridgehead atoms. The molecule has 0 radical (unpaired) electrons. The highest BCUT2D eigenvalue weighted by atomic mass is 32.1. The molecule has 0 unspecified atom stereocenters. The van der Waals surface area contributed by atoms with Crippen molar-refractivity contribution in [3.05, 3.63) is 58.5 Å². The molecule has 1 aromatic carbocycles. The summed E-state index contributed by atoms with van der Waals surface area (Å²) in [4.78, 5) is 30.5. The zero-order chi connectivity index (χ0) is 24.5. The van der Waals surface area contributed by atoms with Crippen LogP contribution in [-0.4, -0.2) is 51.9 Å². The van der Waals surface area contributed by atoms with Crippen LogP contribution in [0.4, 0.5) is 19.0 Å². The van der Waals surface area contributed by atoms with Gasteiger partial charge < -0.3 is 9.80 Å². The van der Waals surface area contributed by atoms with Gasteiger partial charge in [-0.2, -0.15) is 13.2 Å². The molecule has 180 valence electrons. The van der Waals surface area contributed by atoms with E-state index in [0.29, 0.717) is 42.4 Å². The fourth-order valence-corrected chi connectivity index (χ4v) is 4.59. The Morgan fingerprint density at radius 1 is 1.06 bits per heavy atom. The SMILES string of the molecule is Cc1cc(N2CCN(C(=O)Cc3csc(-c4ccc(C(F)(F)F)cc4)n3)CC2)nc(C(C)C)n1. The van der Waals surface area contributed by atoms with Gasteiger partial charge in [-0.3, -0.25) is 4.79 Å². The normalized spacial score (nSPS) is 14.7. The number of hydrogen-bond acceptors (Lipinski definition) is 6. The Hall–Kier alpha value is -3.01. The zero-order valence-electron chi connectivity index (χ0n) is 19.3. The van der Waals surface area contributed by atoms with E-state index in [9.17, 15) is 18.0 Å². The summed E-state index contributed by atoms with van der Waals surface area (Å²) >= 11 is 1.32. The Balaban J connectivity index is 1.35. The van der Waals surface area contributed by atoms with Gasteiger partial charge in [0.1, 0.15) is 16.6 Å². The molecule has 0 saturated carbocycles. The first-order chi connectivity index (χ1) is 16.1. The molecular formula is C24H26F3N5OS. The van der Waals surface area contributed by atoms with Gasteiger partial charge in [-0.1, -0.05) is 26.0 Å². The molecule has 0 aliphatic carbocycles. The Morgan fingerprint density at radius 3 is 2.35 bits per heavy atom. The number of carbonyl (C=O) groups excluding carboxylic acids is 1. The molecule has 1 aliphatic rings. The lowest BCUT2D eigenvalue weighted by molar-refractivity contribution is -0.137. The lowest BCUT2D eigenvalue weighted by Gasteiger charge is -2.35. The molecule has 34 heavy (non-hydrogen) atoms. The maximum Gasteiger partial charge on any atom is 0.416 e. The predicted octanol–water partition coefficient (Wildman–Crippen LogP) is 4.94. The van der Waals surface area contributed by atoms with Gasteiger partial charge in [0, 0.05) is 54.8 Å². The summed E-state index contributed by atoms with van der Waals surface area (Å²) in [6.07, 6.45) is -4.20. The lowest BCUT2D eigenvalue weighted by Crippen LogP contribution is -2.49. The zero-order valence-corrected chi connectivity index (χ0v) is 20.1. The summed E-state index contributed by atoms with van der Waals surface area (Å²) in [6, 6.07) is 6.88. The number of benzene rings is 1. The number of thiazole rings is 1. The van der Waals surface area contributed by atoms with E-state index in [1.807, 2.05) is 17.9 Å². The largest absolute Gasteiger partial charge is 0.416 e. The third kappa shape index (κ3) is 5.55. The van der Waals surface area contributed by atoms with E-state index in [4.69, 9.17) is 0 Å². The number of nitrogens with zero attached hydrogens (tertiary/aromatic N) is 5. The van der Waals surface area contributed by atoms with E-state index in [-0.39, 0.29) is 18.2 Å². The van der Waals surface area contributed by atoms with Crippen LogP contribution in [0.1, 0.15) is 42.5 Å². The quantitative estimate of drug-likeness (QED) is 0.508. The van der Waals surface area contributed by atoms with E-state index in [1.54, 1.807) is 5.38 Å². The van der Waals surface area contributed by atoms with E-state index in [2.05, 4.69) is 33.7 Å². The molecule has 6 nitrogen and oxygen atoms in total. The van der Waals surface area contributed by atoms with E-state index in [0.717, 1.165) is 29.5 Å². The molecule has 4 rings (SSSR count). The number of piperazine rings is 1. The van der Waals surface area contributed by atoms with E-state index in [1.165, 1.54) is 23.5 Å². The number of carbonyl (C=O) groups is 1. The van der Waals surface area contributed by atoms with Crippen LogP contribution in [0.3, 0.4) is 0 Å². The smallest absolute Gasteiger partial charge is 0.353 e. The lowest BCUT2D eigenvalue weighted by atomic mass is 10.1. The minimum atomic E-state index is -4.37. The summed E-state index contributed by atoms with van der Waals surface area (Å²) in [5.74, 6) is 1.95. The minimum absolute atomic E-state index is 0.00865. The molecular weight excluding hydrogens is 463 g/mol. The van der Waals surface area contributed by atoms with Crippen molar-refractivity contribution in [3.63, 3.8) is 0 Å². The number of alkyl halides is 3. The van der Waals surface area contributed by atoms with Crippen molar-refractivity contribution in [1.82, 2.24) is 19.9 Å². The van der Waals surface area contributed by atoms with Crippen molar-refractivity contribution < 1.29 is 18.0 Å². The Morgan fingerprint density at radius 2 is 1.74 bits per heavy atom. The highest BCUT2D eigenvalue weighted by Gasteiger charge is 2.30. The van der Waals surface area contributed by atoms with Crippen molar-refractivity contribution >= 4 is 23.1 Å². The van der Waals surface area contributed by atoms with Crippen LogP contribution in [0.2, 0.25) is 0 Å². The van der Waals surface area contributed by atoms with Crippen LogP contribution in [0.15, 0.2) is 35.7 Å². The van der Waals surface area contributed by atoms with Gasteiger partial charge in [0.05, 0.1) is 17.7 Å². The standard InChI is InChI=1S/C24H26F3N5OS/c1-15(2)22-28-16(3)12-20(30-22)31-8-10-32(11-9-31)21(33)13-19-14-34-23(29-19)17-4-6-18(7-5-17)24(25,26)27/h4-7,12,14-15H,8-11,13H2,1-3H3. The number of amides is 1. The molecule has 1 amide bonds. The van der Waals surface area contributed by atoms with Gasteiger partial charge in [-0.25, -0.2) is 15.0 Å². The van der Waals surface area contributed by atoms with Gasteiger partial charge in [0.2, 0.25) is 5.91 Å². The molecule has 1 saturated heterocycles. The molecule has 2 aromatic heterocycles. The maximum atomic E-state index is 12.8. The second-order valence-corrected chi connectivity index (χ2v) is 9.50. The molecule has 0 spiro atoms. The van der Waals surface area contributed by atoms with Crippen molar-refractivity contribution in [2.75, 3.05) is 31.1 Å². The topological polar surface area (TPSA) is 62.2 Å². The van der Waals surface area contributed by atoms with Crippen molar-refractivity contribution in [3.8, 4) is 10.6 Å². The average Bonchev–Trinajstić information content (AvgIpc) is 3.26. The predicted molar refractivity (Wildman–Crippen MR) is 126 cm³/mol. The number of halogens is 3. The summed E-state index contributed by atoms with van der Waals surface area (Å²) in [7, 11) is 0. The average molecular weight is 490 g/mol. The molecule has 0 atom stereocenters. The van der Waals surface area contributed by atoms with Gasteiger partial charge in [0.25, 0.3) is 0 Å². The summed E-state index contributed by atoms with van der Waals surface area (Å²) in [5, 5.41) is 2.39. The van der Waals surface area contributed by atoms with Crippen molar-refractivity contribution in [2.24, 2.45) is 0 Å². The number of rotatable bonds is 5. The molecule has 1 fully saturated rings. The third-order valence-corrected chi connectivity index (χ3v) is 6.61. The van der Waals surface area contributed by atoms with Gasteiger partial charge in [0.15, 0.2) is 0 Å². The maximum absolute atomic E-state index is 12.8. The Kier molecular flexibility index (Phi) is 6.88. The summed E-state index contributed by atoms with van der Waals surface area (Å²) in [6.45, 7) is 8.65. The van der Waals surface area contributed by atoms with Crippen LogP contribution >= 0.6 is 11.3 Å². The van der Waals surface area contributed by atoms with Crippen LogP contribution in [0, 0.1) is 6.92 Å². The fraction of sp³-hybridized carbons (Fsp3) is 0.417. The number of aryl methyl sites for hydroxylation is 1. The second-order valence-electron chi connectivity index (χ2n) is 8.64. The third-order valence-electron chi connectivity index (χ3n) is 5.67. The Bertz CT molecular complexity index is 1150. The van der Waals surface area contributed by atoms with E-state index < -0.39 is 11.7 Å². The molecule has 3 heterocycles. The fourth-order valence-electron chi connectivity index (χ4n) is 3.77. The molecule has 0 N–H and O–H groups in total. The van der Waals surface area contributed by atoms with Crippen molar-refractivity contribution in [2.45, 2.75) is 39.3 Å². The van der Waals surface area contributed by atoms with Crippen LogP contribution in [0.25, 0.3) is 10.6 Å². The summed E-state index contributed by atoms with van der Waals surface area (Å²) in [5.41, 5.74) is 1.46.